The molecule has 0 aliphatic heterocycles. The summed E-state index contributed by atoms with van der Waals surface area (Å²) in [5, 5.41) is 5.11. The Bertz CT molecular complexity index is 532. The fraction of sp³-hybridized carbons (Fsp3) is 0.357. The van der Waals surface area contributed by atoms with Crippen LogP contribution in [0, 0.1) is 0 Å². The van der Waals surface area contributed by atoms with Gasteiger partial charge in [0.2, 0.25) is 0 Å². The van der Waals surface area contributed by atoms with E-state index in [0.717, 1.165) is 21.6 Å². The first kappa shape index (κ1) is 14.4. The lowest BCUT2D eigenvalue weighted by Crippen LogP contribution is -2.35. The van der Waals surface area contributed by atoms with Crippen molar-refractivity contribution in [3.8, 4) is 0 Å². The lowest BCUT2D eigenvalue weighted by atomic mass is 10.1. The van der Waals surface area contributed by atoms with Crippen molar-refractivity contribution in [1.29, 1.82) is 0 Å². The predicted molar refractivity (Wildman–Crippen MR) is 80.8 cm³/mol. The second-order valence-corrected chi connectivity index (χ2v) is 6.82. The molecule has 0 bridgehead atoms. The van der Waals surface area contributed by atoms with Crippen molar-refractivity contribution >= 4 is 23.4 Å². The highest BCUT2D eigenvalue weighted by atomic mass is 35.5. The van der Waals surface area contributed by atoms with Crippen LogP contribution in [0.25, 0.3) is 0 Å². The maximum atomic E-state index is 6.08. The minimum absolute atomic E-state index is 0.0895. The molecule has 102 valence electrons. The van der Waals surface area contributed by atoms with E-state index in [1.54, 1.807) is 18.0 Å². The van der Waals surface area contributed by atoms with Gasteiger partial charge in [-0.1, -0.05) is 29.4 Å². The fourth-order valence-corrected chi connectivity index (χ4v) is 2.68. The SMILES string of the molecule is CC(C)(C)NCc1ccc(Cl)cc1Sc1ncc[nH]1. The van der Waals surface area contributed by atoms with Gasteiger partial charge in [0.1, 0.15) is 0 Å². The molecule has 0 aliphatic rings. The zero-order valence-corrected chi connectivity index (χ0v) is 12.9. The minimum Gasteiger partial charge on any atom is -0.339 e. The standard InChI is InChI=1S/C14H18ClN3S/c1-14(2,3)18-9-10-4-5-11(15)8-12(10)19-13-16-6-7-17-13/h4-8,18H,9H2,1-3H3,(H,16,17). The number of halogens is 1. The van der Waals surface area contributed by atoms with E-state index in [0.29, 0.717) is 0 Å². The van der Waals surface area contributed by atoms with Crippen molar-refractivity contribution in [3.63, 3.8) is 0 Å². The average Bonchev–Trinajstić information content (AvgIpc) is 2.79. The average molecular weight is 296 g/mol. The van der Waals surface area contributed by atoms with E-state index in [4.69, 9.17) is 11.6 Å². The molecule has 1 aromatic carbocycles. The molecule has 5 heteroatoms. The van der Waals surface area contributed by atoms with Gasteiger partial charge in [0.05, 0.1) is 0 Å². The molecule has 2 N–H and O–H groups in total. The van der Waals surface area contributed by atoms with Gasteiger partial charge in [0.15, 0.2) is 5.16 Å². The third-order valence-electron chi connectivity index (χ3n) is 2.52. The molecule has 3 nitrogen and oxygen atoms in total. The van der Waals surface area contributed by atoms with Crippen LogP contribution in [-0.2, 0) is 6.54 Å². The first-order valence-electron chi connectivity index (χ1n) is 6.15. The number of hydrogen-bond acceptors (Lipinski definition) is 3. The van der Waals surface area contributed by atoms with Crippen LogP contribution < -0.4 is 5.32 Å². The monoisotopic (exact) mass is 295 g/mol. The summed E-state index contributed by atoms with van der Waals surface area (Å²) in [6.45, 7) is 7.27. The Morgan fingerprint density at radius 1 is 1.37 bits per heavy atom. The summed E-state index contributed by atoms with van der Waals surface area (Å²) in [6, 6.07) is 5.97. The van der Waals surface area contributed by atoms with E-state index in [-0.39, 0.29) is 5.54 Å². The van der Waals surface area contributed by atoms with Crippen molar-refractivity contribution in [2.24, 2.45) is 0 Å². The van der Waals surface area contributed by atoms with Crippen molar-refractivity contribution in [1.82, 2.24) is 15.3 Å². The van der Waals surface area contributed by atoms with Crippen LogP contribution in [0.15, 0.2) is 40.6 Å². The van der Waals surface area contributed by atoms with Crippen molar-refractivity contribution in [2.75, 3.05) is 0 Å². The van der Waals surface area contributed by atoms with Crippen molar-refractivity contribution < 1.29 is 0 Å². The number of imidazole rings is 1. The molecule has 0 spiro atoms. The summed E-state index contributed by atoms with van der Waals surface area (Å²) in [6.07, 6.45) is 3.57. The Morgan fingerprint density at radius 3 is 2.79 bits per heavy atom. The molecule has 0 saturated heterocycles. The molecule has 2 rings (SSSR count). The van der Waals surface area contributed by atoms with E-state index in [1.165, 1.54) is 5.56 Å². The van der Waals surface area contributed by atoms with Crippen LogP contribution in [-0.4, -0.2) is 15.5 Å². The fourth-order valence-electron chi connectivity index (χ4n) is 1.54. The molecule has 0 unspecified atom stereocenters. The number of hydrogen-bond donors (Lipinski definition) is 2. The normalized spacial score (nSPS) is 11.8. The topological polar surface area (TPSA) is 40.7 Å². The zero-order valence-electron chi connectivity index (χ0n) is 11.3. The first-order chi connectivity index (χ1) is 8.94. The lowest BCUT2D eigenvalue weighted by molar-refractivity contribution is 0.422. The number of aromatic nitrogens is 2. The molecule has 0 fully saturated rings. The number of benzene rings is 1. The van der Waals surface area contributed by atoms with E-state index in [9.17, 15) is 0 Å². The Balaban J connectivity index is 2.18. The van der Waals surface area contributed by atoms with Gasteiger partial charge in [0.25, 0.3) is 0 Å². The van der Waals surface area contributed by atoms with Gasteiger partial charge in [-0.15, -0.1) is 0 Å². The van der Waals surface area contributed by atoms with Crippen LogP contribution >= 0.6 is 23.4 Å². The summed E-state index contributed by atoms with van der Waals surface area (Å²) in [7, 11) is 0. The molecule has 0 aliphatic carbocycles. The highest BCUT2D eigenvalue weighted by Gasteiger charge is 2.12. The van der Waals surface area contributed by atoms with Gasteiger partial charge in [0, 0.05) is 34.4 Å². The van der Waals surface area contributed by atoms with E-state index in [2.05, 4.69) is 42.1 Å². The Labute approximate surface area is 123 Å². The number of nitrogens with zero attached hydrogens (tertiary/aromatic N) is 1. The van der Waals surface area contributed by atoms with Crippen molar-refractivity contribution in [3.05, 3.63) is 41.2 Å². The van der Waals surface area contributed by atoms with Crippen LogP contribution in [0.2, 0.25) is 5.02 Å². The van der Waals surface area contributed by atoms with Crippen molar-refractivity contribution in [2.45, 2.75) is 42.9 Å². The highest BCUT2D eigenvalue weighted by molar-refractivity contribution is 7.99. The summed E-state index contributed by atoms with van der Waals surface area (Å²) in [5.74, 6) is 0. The minimum atomic E-state index is 0.0895. The molecule has 2 aromatic rings. The molecular weight excluding hydrogens is 278 g/mol. The molecule has 0 radical (unpaired) electrons. The van der Waals surface area contributed by atoms with Gasteiger partial charge in [-0.05, 0) is 38.5 Å². The molecular formula is C14H18ClN3S. The van der Waals surface area contributed by atoms with E-state index >= 15 is 0 Å². The Kier molecular flexibility index (Phi) is 4.55. The number of rotatable bonds is 4. The van der Waals surface area contributed by atoms with Gasteiger partial charge < -0.3 is 10.3 Å². The highest BCUT2D eigenvalue weighted by Crippen LogP contribution is 2.30. The van der Waals surface area contributed by atoms with Crippen LogP contribution in [0.3, 0.4) is 0 Å². The maximum Gasteiger partial charge on any atom is 0.170 e. The first-order valence-corrected chi connectivity index (χ1v) is 7.34. The predicted octanol–water partition coefficient (Wildman–Crippen LogP) is 4.10. The number of H-pyrrole nitrogens is 1. The summed E-state index contributed by atoms with van der Waals surface area (Å²) >= 11 is 7.68. The second-order valence-electron chi connectivity index (χ2n) is 5.35. The smallest absolute Gasteiger partial charge is 0.170 e. The number of nitrogens with one attached hydrogen (secondary N) is 2. The van der Waals surface area contributed by atoms with Gasteiger partial charge in [-0.25, -0.2) is 4.98 Å². The maximum absolute atomic E-state index is 6.08. The van der Waals surface area contributed by atoms with E-state index < -0.39 is 0 Å². The van der Waals surface area contributed by atoms with Crippen LogP contribution in [0.5, 0.6) is 0 Å². The third-order valence-corrected chi connectivity index (χ3v) is 3.77. The Morgan fingerprint density at radius 2 is 2.16 bits per heavy atom. The second kappa shape index (κ2) is 5.99. The molecule has 1 aromatic heterocycles. The van der Waals surface area contributed by atoms with Gasteiger partial charge >= 0.3 is 0 Å². The quantitative estimate of drug-likeness (QED) is 0.892. The van der Waals surface area contributed by atoms with Gasteiger partial charge in [-0.3, -0.25) is 0 Å². The van der Waals surface area contributed by atoms with Crippen LogP contribution in [0.4, 0.5) is 0 Å². The largest absolute Gasteiger partial charge is 0.339 e. The summed E-state index contributed by atoms with van der Waals surface area (Å²) in [5.41, 5.74) is 1.31. The lowest BCUT2D eigenvalue weighted by Gasteiger charge is -2.21. The third kappa shape index (κ3) is 4.56. The van der Waals surface area contributed by atoms with Crippen LogP contribution in [0.1, 0.15) is 26.3 Å². The van der Waals surface area contributed by atoms with E-state index in [1.807, 2.05) is 18.3 Å². The molecule has 0 amide bonds. The molecule has 0 saturated carbocycles. The zero-order chi connectivity index (χ0) is 13.9. The number of aromatic amines is 1. The molecule has 19 heavy (non-hydrogen) atoms. The summed E-state index contributed by atoms with van der Waals surface area (Å²) < 4.78 is 0. The summed E-state index contributed by atoms with van der Waals surface area (Å²) in [4.78, 5) is 8.45. The molecule has 1 heterocycles. The Hall–Kier alpha value is -0.970. The molecule has 0 atom stereocenters. The van der Waals surface area contributed by atoms with Gasteiger partial charge in [-0.2, -0.15) is 0 Å².